The second-order valence-corrected chi connectivity index (χ2v) is 5.83. The minimum Gasteiger partial charge on any atom is -0.484 e. The molecule has 1 atom stereocenters. The maximum atomic E-state index is 12.9. The van der Waals surface area contributed by atoms with Gasteiger partial charge in [0.2, 0.25) is 0 Å². The van der Waals surface area contributed by atoms with Crippen molar-refractivity contribution in [2.45, 2.75) is 25.9 Å². The topological polar surface area (TPSA) is 80.3 Å². The number of aromatic nitrogens is 3. The molecule has 1 aliphatic rings. The molecule has 1 fully saturated rings. The van der Waals surface area contributed by atoms with Crippen LogP contribution in [0.3, 0.4) is 0 Å². The summed E-state index contributed by atoms with van der Waals surface area (Å²) in [6.07, 6.45) is 1.46. The number of morpholine rings is 1. The molecule has 1 unspecified atom stereocenters. The summed E-state index contributed by atoms with van der Waals surface area (Å²) in [5.74, 6) is 1.35. The number of nitrogens with one attached hydrogen (secondary N) is 1. The smallest absolute Gasteiger partial charge is 0.260 e. The number of nitrogens with zero attached hydrogens (tertiary/aromatic N) is 3. The molecule has 7 nitrogen and oxygen atoms in total. The lowest BCUT2D eigenvalue weighted by Gasteiger charge is -2.31. The van der Waals surface area contributed by atoms with Gasteiger partial charge in [0.05, 0.1) is 13.2 Å². The van der Waals surface area contributed by atoms with E-state index in [0.29, 0.717) is 31.3 Å². The second-order valence-electron chi connectivity index (χ2n) is 5.83. The molecule has 1 aromatic carbocycles. The van der Waals surface area contributed by atoms with E-state index in [1.54, 1.807) is 4.90 Å². The summed E-state index contributed by atoms with van der Waals surface area (Å²) >= 11 is 0. The number of amides is 1. The molecule has 0 bridgehead atoms. The van der Waals surface area contributed by atoms with Crippen LogP contribution in [-0.4, -0.2) is 52.3 Å². The summed E-state index contributed by atoms with van der Waals surface area (Å²) in [6, 6.07) is 5.57. The number of benzene rings is 1. The number of carbonyl (C=O) groups excluding carboxylic acids is 1. The maximum Gasteiger partial charge on any atom is 0.260 e. The van der Waals surface area contributed by atoms with Crippen LogP contribution in [0.4, 0.5) is 4.39 Å². The van der Waals surface area contributed by atoms with E-state index in [2.05, 4.69) is 22.1 Å². The monoisotopic (exact) mass is 348 g/mol. The molecule has 2 heterocycles. The number of aryl methyl sites for hydroxylation is 1. The number of aromatic amines is 1. The normalized spacial score (nSPS) is 17.5. The van der Waals surface area contributed by atoms with E-state index in [4.69, 9.17) is 9.47 Å². The molecule has 25 heavy (non-hydrogen) atoms. The first-order valence-corrected chi connectivity index (χ1v) is 8.34. The van der Waals surface area contributed by atoms with Crippen molar-refractivity contribution in [3.63, 3.8) is 0 Å². The number of ether oxygens (including phenoxy) is 2. The van der Waals surface area contributed by atoms with Crippen molar-refractivity contribution >= 4 is 5.91 Å². The highest BCUT2D eigenvalue weighted by Gasteiger charge is 2.28. The average Bonchev–Trinajstić information content (AvgIpc) is 3.10. The van der Waals surface area contributed by atoms with Gasteiger partial charge in [-0.3, -0.25) is 9.89 Å². The summed E-state index contributed by atoms with van der Waals surface area (Å²) in [5, 5.41) is 7.09. The summed E-state index contributed by atoms with van der Waals surface area (Å²) in [6.45, 7) is 3.27. The van der Waals surface area contributed by atoms with Crippen molar-refractivity contribution in [2.24, 2.45) is 0 Å². The molecule has 8 heteroatoms. The van der Waals surface area contributed by atoms with Crippen LogP contribution >= 0.6 is 0 Å². The highest BCUT2D eigenvalue weighted by molar-refractivity contribution is 5.77. The molecule has 1 N–H and O–H groups in total. The molecule has 2 aromatic rings. The highest BCUT2D eigenvalue weighted by atomic mass is 19.1. The lowest BCUT2D eigenvalue weighted by Crippen LogP contribution is -2.44. The first-order chi connectivity index (χ1) is 12.2. The van der Waals surface area contributed by atoms with E-state index in [1.807, 2.05) is 0 Å². The molecular formula is C17H21FN4O3. The largest absolute Gasteiger partial charge is 0.484 e. The molecule has 1 amide bonds. The molecule has 0 radical (unpaired) electrons. The zero-order chi connectivity index (χ0) is 17.6. The van der Waals surface area contributed by atoms with Gasteiger partial charge in [-0.2, -0.15) is 5.10 Å². The van der Waals surface area contributed by atoms with Gasteiger partial charge in [-0.05, 0) is 30.7 Å². The standard InChI is InChI=1S/C17H21FN4O3/c1-2-3-15-19-17(21-20-15)14-10-22(8-9-24-14)16(23)11-25-13-6-4-12(18)5-7-13/h4-7,14H,2-3,8-11H2,1H3,(H,19,20,21). The number of H-pyrrole nitrogens is 1. The van der Waals surface area contributed by atoms with Gasteiger partial charge in [-0.15, -0.1) is 0 Å². The third-order valence-electron chi connectivity index (χ3n) is 3.92. The number of hydrogen-bond donors (Lipinski definition) is 1. The van der Waals surface area contributed by atoms with Crippen molar-refractivity contribution in [1.29, 1.82) is 0 Å². The summed E-state index contributed by atoms with van der Waals surface area (Å²) < 4.78 is 24.0. The Morgan fingerprint density at radius 1 is 1.44 bits per heavy atom. The molecule has 0 spiro atoms. The molecule has 3 rings (SSSR count). The van der Waals surface area contributed by atoms with E-state index in [1.165, 1.54) is 24.3 Å². The molecular weight excluding hydrogens is 327 g/mol. The molecule has 1 saturated heterocycles. The number of rotatable bonds is 6. The average molecular weight is 348 g/mol. The Bertz CT molecular complexity index is 704. The van der Waals surface area contributed by atoms with Gasteiger partial charge >= 0.3 is 0 Å². The van der Waals surface area contributed by atoms with Gasteiger partial charge in [0.25, 0.3) is 5.91 Å². The van der Waals surface area contributed by atoms with Gasteiger partial charge < -0.3 is 14.4 Å². The second kappa shape index (κ2) is 8.06. The zero-order valence-corrected chi connectivity index (χ0v) is 14.1. The fraction of sp³-hybridized carbons (Fsp3) is 0.471. The van der Waals surface area contributed by atoms with Crippen LogP contribution in [-0.2, 0) is 16.0 Å². The van der Waals surface area contributed by atoms with Crippen LogP contribution in [0.5, 0.6) is 5.75 Å². The van der Waals surface area contributed by atoms with E-state index in [0.717, 1.165) is 18.7 Å². The van der Waals surface area contributed by atoms with Gasteiger partial charge in [0.15, 0.2) is 12.4 Å². The van der Waals surface area contributed by atoms with E-state index < -0.39 is 0 Å². The van der Waals surface area contributed by atoms with Crippen molar-refractivity contribution in [2.75, 3.05) is 26.3 Å². The third-order valence-corrected chi connectivity index (χ3v) is 3.92. The van der Waals surface area contributed by atoms with E-state index in [9.17, 15) is 9.18 Å². The quantitative estimate of drug-likeness (QED) is 0.862. The van der Waals surface area contributed by atoms with Crippen molar-refractivity contribution in [3.05, 3.63) is 41.7 Å². The lowest BCUT2D eigenvalue weighted by atomic mass is 10.2. The van der Waals surface area contributed by atoms with Gasteiger partial charge in [-0.25, -0.2) is 9.37 Å². The fourth-order valence-electron chi connectivity index (χ4n) is 2.60. The molecule has 1 aromatic heterocycles. The van der Waals surface area contributed by atoms with Crippen LogP contribution in [0, 0.1) is 5.82 Å². The van der Waals surface area contributed by atoms with E-state index >= 15 is 0 Å². The minimum atomic E-state index is -0.344. The molecule has 0 aliphatic carbocycles. The maximum absolute atomic E-state index is 12.9. The van der Waals surface area contributed by atoms with E-state index in [-0.39, 0.29) is 24.4 Å². The van der Waals surface area contributed by atoms with Crippen LogP contribution in [0.2, 0.25) is 0 Å². The summed E-state index contributed by atoms with van der Waals surface area (Å²) in [4.78, 5) is 18.4. The summed E-state index contributed by atoms with van der Waals surface area (Å²) in [5.41, 5.74) is 0. The third kappa shape index (κ3) is 4.54. The number of carbonyl (C=O) groups is 1. The van der Waals surface area contributed by atoms with Crippen molar-refractivity contribution in [1.82, 2.24) is 20.1 Å². The van der Waals surface area contributed by atoms with Crippen molar-refractivity contribution < 1.29 is 18.7 Å². The van der Waals surface area contributed by atoms with Crippen LogP contribution in [0.25, 0.3) is 0 Å². The first-order valence-electron chi connectivity index (χ1n) is 8.34. The Hall–Kier alpha value is -2.48. The SMILES string of the molecule is CCCc1nc(C2CN(C(=O)COc3ccc(F)cc3)CCO2)n[nH]1. The number of halogens is 1. The Kier molecular flexibility index (Phi) is 5.60. The summed E-state index contributed by atoms with van der Waals surface area (Å²) in [7, 11) is 0. The van der Waals surface area contributed by atoms with Gasteiger partial charge in [0, 0.05) is 13.0 Å². The van der Waals surface area contributed by atoms with Crippen LogP contribution < -0.4 is 4.74 Å². The molecule has 1 aliphatic heterocycles. The van der Waals surface area contributed by atoms with Crippen LogP contribution in [0.15, 0.2) is 24.3 Å². The minimum absolute atomic E-state index is 0.104. The first kappa shape index (κ1) is 17.3. The molecule has 134 valence electrons. The molecule has 0 saturated carbocycles. The van der Waals surface area contributed by atoms with Crippen LogP contribution in [0.1, 0.15) is 31.1 Å². The van der Waals surface area contributed by atoms with Gasteiger partial charge in [0.1, 0.15) is 23.5 Å². The zero-order valence-electron chi connectivity index (χ0n) is 14.1. The lowest BCUT2D eigenvalue weighted by molar-refractivity contribution is -0.141. The Labute approximate surface area is 145 Å². The fourth-order valence-corrected chi connectivity index (χ4v) is 2.60. The predicted molar refractivity (Wildman–Crippen MR) is 87.5 cm³/mol. The number of hydrogen-bond acceptors (Lipinski definition) is 5. The Morgan fingerprint density at radius 3 is 3.00 bits per heavy atom. The van der Waals surface area contributed by atoms with Crippen molar-refractivity contribution in [3.8, 4) is 5.75 Å². The predicted octanol–water partition coefficient (Wildman–Crippen LogP) is 1.88. The highest BCUT2D eigenvalue weighted by Crippen LogP contribution is 2.20. The Morgan fingerprint density at radius 2 is 2.24 bits per heavy atom. The Balaban J connectivity index is 1.54. The van der Waals surface area contributed by atoms with Gasteiger partial charge in [-0.1, -0.05) is 6.92 Å².